The molecule has 1 aromatic heterocycles. The van der Waals surface area contributed by atoms with Gasteiger partial charge >= 0.3 is 0 Å². The summed E-state index contributed by atoms with van der Waals surface area (Å²) in [6.07, 6.45) is 2.98. The van der Waals surface area contributed by atoms with Crippen molar-refractivity contribution in [2.45, 2.75) is 18.4 Å². The number of benzene rings is 1. The maximum atomic E-state index is 9.40. The quantitative estimate of drug-likeness (QED) is 0.835. The maximum Gasteiger partial charge on any atom is 0.123 e. The minimum absolute atomic E-state index is 0.275. The van der Waals surface area contributed by atoms with Crippen LogP contribution in [0.15, 0.2) is 30.5 Å². The molecule has 1 fully saturated rings. The van der Waals surface area contributed by atoms with Crippen LogP contribution in [0.1, 0.15) is 17.2 Å². The van der Waals surface area contributed by atoms with Crippen molar-refractivity contribution in [2.75, 3.05) is 0 Å². The minimum Gasteiger partial charge on any atom is -0.508 e. The van der Waals surface area contributed by atoms with Crippen LogP contribution in [0, 0.1) is 0 Å². The molecule has 1 aliphatic carbocycles. The summed E-state index contributed by atoms with van der Waals surface area (Å²) in [4.78, 5) is 5.63. The number of thiazole rings is 1. The molecule has 16 heavy (non-hydrogen) atoms. The lowest BCUT2D eigenvalue weighted by atomic mass is 10.2. The third-order valence-electron chi connectivity index (χ3n) is 2.82. The van der Waals surface area contributed by atoms with Gasteiger partial charge in [-0.3, -0.25) is 0 Å². The van der Waals surface area contributed by atoms with Crippen molar-refractivity contribution in [3.63, 3.8) is 0 Å². The average molecular weight is 232 g/mol. The van der Waals surface area contributed by atoms with Crippen molar-refractivity contribution in [3.8, 4) is 16.3 Å². The van der Waals surface area contributed by atoms with Gasteiger partial charge in [0.05, 0.1) is 0 Å². The van der Waals surface area contributed by atoms with Crippen molar-refractivity contribution in [2.24, 2.45) is 5.73 Å². The standard InChI is InChI=1S/C12H12N2OS/c13-10-5-9(10)11-6-14-12(16-11)7-2-1-3-8(15)4-7/h1-4,6,9-10,15H,5,13H2/t9-,10+/m1/s1. The van der Waals surface area contributed by atoms with E-state index >= 15 is 0 Å². The van der Waals surface area contributed by atoms with Crippen LogP contribution in [0.4, 0.5) is 0 Å². The summed E-state index contributed by atoms with van der Waals surface area (Å²) in [6.45, 7) is 0. The highest BCUT2D eigenvalue weighted by Crippen LogP contribution is 2.43. The van der Waals surface area contributed by atoms with Crippen molar-refractivity contribution in [1.82, 2.24) is 4.98 Å². The molecule has 0 bridgehead atoms. The zero-order valence-electron chi connectivity index (χ0n) is 8.63. The molecule has 0 aliphatic heterocycles. The summed E-state index contributed by atoms with van der Waals surface area (Å²) in [6, 6.07) is 7.49. The molecule has 0 radical (unpaired) electrons. The molecule has 2 atom stereocenters. The van der Waals surface area contributed by atoms with Crippen LogP contribution in [0.3, 0.4) is 0 Å². The number of nitrogens with two attached hydrogens (primary N) is 1. The Labute approximate surface area is 97.6 Å². The fourth-order valence-corrected chi connectivity index (χ4v) is 2.87. The molecule has 1 aromatic carbocycles. The number of hydrogen-bond acceptors (Lipinski definition) is 4. The van der Waals surface area contributed by atoms with Gasteiger partial charge in [0.1, 0.15) is 10.8 Å². The lowest BCUT2D eigenvalue weighted by Crippen LogP contribution is -1.99. The van der Waals surface area contributed by atoms with Gasteiger partial charge in [0.25, 0.3) is 0 Å². The Balaban J connectivity index is 1.92. The van der Waals surface area contributed by atoms with E-state index in [-0.39, 0.29) is 5.75 Å². The number of nitrogens with zero attached hydrogens (tertiary/aromatic N) is 1. The Hall–Kier alpha value is -1.39. The van der Waals surface area contributed by atoms with Gasteiger partial charge in [-0.25, -0.2) is 4.98 Å². The molecule has 3 N–H and O–H groups in total. The zero-order valence-corrected chi connectivity index (χ0v) is 9.45. The van der Waals surface area contributed by atoms with Crippen LogP contribution >= 0.6 is 11.3 Å². The van der Waals surface area contributed by atoms with Crippen molar-refractivity contribution in [1.29, 1.82) is 0 Å². The molecule has 82 valence electrons. The predicted octanol–water partition coefficient (Wildman–Crippen LogP) is 2.33. The smallest absolute Gasteiger partial charge is 0.123 e. The van der Waals surface area contributed by atoms with E-state index in [1.807, 2.05) is 18.3 Å². The summed E-state index contributed by atoms with van der Waals surface area (Å²) in [5.41, 5.74) is 6.77. The second kappa shape index (κ2) is 3.57. The molecule has 3 nitrogen and oxygen atoms in total. The van der Waals surface area contributed by atoms with E-state index < -0.39 is 0 Å². The molecule has 1 saturated carbocycles. The predicted molar refractivity (Wildman–Crippen MR) is 64.5 cm³/mol. The Morgan fingerprint density at radius 1 is 1.44 bits per heavy atom. The summed E-state index contributed by atoms with van der Waals surface area (Å²) in [5.74, 6) is 0.779. The molecule has 0 unspecified atom stereocenters. The van der Waals surface area contributed by atoms with E-state index in [0.29, 0.717) is 12.0 Å². The molecule has 0 amide bonds. The van der Waals surface area contributed by atoms with Crippen LogP contribution in [-0.2, 0) is 0 Å². The van der Waals surface area contributed by atoms with Gasteiger partial charge in [-0.15, -0.1) is 11.3 Å². The fraction of sp³-hybridized carbons (Fsp3) is 0.250. The Bertz CT molecular complexity index is 523. The van der Waals surface area contributed by atoms with Gasteiger partial charge in [-0.05, 0) is 18.6 Å². The Morgan fingerprint density at radius 2 is 2.25 bits per heavy atom. The number of rotatable bonds is 2. The third-order valence-corrected chi connectivity index (χ3v) is 4.00. The summed E-state index contributed by atoms with van der Waals surface area (Å²) in [5, 5.41) is 10.4. The Morgan fingerprint density at radius 3 is 2.94 bits per heavy atom. The average Bonchev–Trinajstić information content (AvgIpc) is 2.81. The monoisotopic (exact) mass is 232 g/mol. The lowest BCUT2D eigenvalue weighted by Gasteiger charge is -1.96. The van der Waals surface area contributed by atoms with Crippen molar-refractivity contribution < 1.29 is 5.11 Å². The molecule has 1 aliphatic rings. The van der Waals surface area contributed by atoms with Crippen molar-refractivity contribution in [3.05, 3.63) is 35.3 Å². The number of aromatic nitrogens is 1. The van der Waals surface area contributed by atoms with Gasteiger partial charge in [0.15, 0.2) is 0 Å². The molecule has 0 spiro atoms. The first-order valence-corrected chi connectivity index (χ1v) is 6.06. The largest absolute Gasteiger partial charge is 0.508 e. The van der Waals surface area contributed by atoms with E-state index in [9.17, 15) is 5.11 Å². The molecular weight excluding hydrogens is 220 g/mol. The Kier molecular flexibility index (Phi) is 2.19. The van der Waals surface area contributed by atoms with E-state index in [0.717, 1.165) is 17.0 Å². The van der Waals surface area contributed by atoms with Crippen LogP contribution in [-0.4, -0.2) is 16.1 Å². The van der Waals surface area contributed by atoms with Gasteiger partial charge < -0.3 is 10.8 Å². The zero-order chi connectivity index (χ0) is 11.1. The van der Waals surface area contributed by atoms with Gasteiger partial charge in [-0.2, -0.15) is 0 Å². The molecule has 0 saturated heterocycles. The molecule has 4 heteroatoms. The van der Waals surface area contributed by atoms with E-state index in [2.05, 4.69) is 4.98 Å². The molecule has 3 rings (SSSR count). The first-order valence-electron chi connectivity index (χ1n) is 5.25. The first-order chi connectivity index (χ1) is 7.74. The highest BCUT2D eigenvalue weighted by molar-refractivity contribution is 7.15. The first kappa shape index (κ1) is 9.81. The maximum absolute atomic E-state index is 9.40. The summed E-state index contributed by atoms with van der Waals surface area (Å²) in [7, 11) is 0. The van der Waals surface area contributed by atoms with Crippen LogP contribution in [0.2, 0.25) is 0 Å². The molecule has 2 aromatic rings. The van der Waals surface area contributed by atoms with Gasteiger partial charge in [0, 0.05) is 28.6 Å². The third kappa shape index (κ3) is 1.70. The SMILES string of the molecule is N[C@H]1C[C@H]1c1cnc(-c2cccc(O)c2)s1. The number of phenols is 1. The number of hydrogen-bond donors (Lipinski definition) is 2. The van der Waals surface area contributed by atoms with Crippen molar-refractivity contribution >= 4 is 11.3 Å². The van der Waals surface area contributed by atoms with Gasteiger partial charge in [0.2, 0.25) is 0 Å². The second-order valence-corrected chi connectivity index (χ2v) is 5.19. The normalized spacial score (nSPS) is 23.3. The number of aromatic hydroxyl groups is 1. The summed E-state index contributed by atoms with van der Waals surface area (Å²) < 4.78 is 0. The van der Waals surface area contributed by atoms with Gasteiger partial charge in [-0.1, -0.05) is 12.1 Å². The topological polar surface area (TPSA) is 59.1 Å². The minimum atomic E-state index is 0.275. The molecular formula is C12H12N2OS. The lowest BCUT2D eigenvalue weighted by molar-refractivity contribution is 0.475. The van der Waals surface area contributed by atoms with E-state index in [1.54, 1.807) is 23.5 Å². The second-order valence-electron chi connectivity index (χ2n) is 4.12. The summed E-state index contributed by atoms with van der Waals surface area (Å²) >= 11 is 1.67. The fourth-order valence-electron chi connectivity index (χ4n) is 1.77. The molecule has 1 heterocycles. The van der Waals surface area contributed by atoms with E-state index in [1.165, 1.54) is 4.88 Å². The van der Waals surface area contributed by atoms with Crippen LogP contribution in [0.5, 0.6) is 5.75 Å². The highest BCUT2D eigenvalue weighted by Gasteiger charge is 2.36. The van der Waals surface area contributed by atoms with E-state index in [4.69, 9.17) is 5.73 Å². The highest BCUT2D eigenvalue weighted by atomic mass is 32.1. The number of phenolic OH excluding ortho intramolecular Hbond substituents is 1. The van der Waals surface area contributed by atoms with Crippen LogP contribution < -0.4 is 5.73 Å². The van der Waals surface area contributed by atoms with Crippen LogP contribution in [0.25, 0.3) is 10.6 Å².